The third kappa shape index (κ3) is 7.40. The van der Waals surface area contributed by atoms with Crippen LogP contribution in [0.4, 0.5) is 5.69 Å². The molecular formula is C29H30Cl2N4O6S. The van der Waals surface area contributed by atoms with Crippen molar-refractivity contribution < 1.29 is 27.5 Å². The molecule has 0 aliphatic rings. The fourth-order valence-corrected chi connectivity index (χ4v) is 6.29. The van der Waals surface area contributed by atoms with Gasteiger partial charge in [0.2, 0.25) is 0 Å². The minimum atomic E-state index is -4.27. The number of methoxy groups -OCH3 is 1. The van der Waals surface area contributed by atoms with Crippen LogP contribution < -0.4 is 9.62 Å². The van der Waals surface area contributed by atoms with Crippen LogP contribution in [0.5, 0.6) is 0 Å². The number of unbranched alkanes of at least 4 members (excludes halogenated alkanes) is 1. The average Bonchev–Trinajstić information content (AvgIpc) is 3.39. The number of hydrogen-bond acceptors (Lipinski definition) is 7. The Kier molecular flexibility index (Phi) is 10.4. The molecule has 2 heterocycles. The van der Waals surface area contributed by atoms with Crippen LogP contribution in [0.2, 0.25) is 10.0 Å². The maximum atomic E-state index is 13.8. The number of amides is 1. The summed E-state index contributed by atoms with van der Waals surface area (Å²) in [6.45, 7) is 2.35. The summed E-state index contributed by atoms with van der Waals surface area (Å²) in [6, 6.07) is 14.0. The predicted molar refractivity (Wildman–Crippen MR) is 162 cm³/mol. The molecule has 42 heavy (non-hydrogen) atoms. The van der Waals surface area contributed by atoms with Crippen molar-refractivity contribution in [2.24, 2.45) is 0 Å². The van der Waals surface area contributed by atoms with Crippen LogP contribution >= 0.6 is 23.2 Å². The highest BCUT2D eigenvalue weighted by Crippen LogP contribution is 2.31. The molecular weight excluding hydrogens is 603 g/mol. The van der Waals surface area contributed by atoms with Crippen molar-refractivity contribution in [2.45, 2.75) is 24.7 Å². The third-order valence-electron chi connectivity index (χ3n) is 6.27. The zero-order valence-corrected chi connectivity index (χ0v) is 25.4. The summed E-state index contributed by atoms with van der Waals surface area (Å²) in [5.74, 6) is -0.459. The molecule has 0 spiro atoms. The lowest BCUT2D eigenvalue weighted by molar-refractivity contribution is -0.141. The van der Waals surface area contributed by atoms with Crippen LogP contribution in [-0.4, -0.2) is 63.3 Å². The van der Waals surface area contributed by atoms with Gasteiger partial charge in [-0.1, -0.05) is 36.5 Å². The van der Waals surface area contributed by atoms with Crippen LogP contribution in [0.3, 0.4) is 0 Å². The lowest BCUT2D eigenvalue weighted by Crippen LogP contribution is -2.36. The van der Waals surface area contributed by atoms with Crippen LogP contribution in [0.25, 0.3) is 16.7 Å². The van der Waals surface area contributed by atoms with E-state index in [1.165, 1.54) is 24.4 Å². The molecule has 0 saturated carbocycles. The maximum Gasteiger partial charge on any atom is 0.326 e. The van der Waals surface area contributed by atoms with E-state index < -0.39 is 22.5 Å². The van der Waals surface area contributed by atoms with Crippen molar-refractivity contribution in [3.8, 4) is 5.82 Å². The lowest BCUT2D eigenvalue weighted by atomic mass is 10.2. The van der Waals surface area contributed by atoms with E-state index in [0.29, 0.717) is 41.9 Å². The van der Waals surface area contributed by atoms with Gasteiger partial charge in [0, 0.05) is 47.0 Å². The number of ether oxygens (including phenoxy) is 2. The van der Waals surface area contributed by atoms with Crippen LogP contribution in [0.15, 0.2) is 71.9 Å². The average molecular weight is 634 g/mol. The monoisotopic (exact) mass is 632 g/mol. The first-order valence-electron chi connectivity index (χ1n) is 13.1. The van der Waals surface area contributed by atoms with Gasteiger partial charge in [0.1, 0.15) is 12.4 Å². The number of anilines is 1. The molecule has 0 unspecified atom stereocenters. The lowest BCUT2D eigenvalue weighted by Gasteiger charge is -2.24. The standard InChI is InChI=1S/C29H30Cl2N4O6S/c1-3-4-12-41-28(36)19-35(42(38,39)25-17-22(30)16-23(31)18-25)24-5-6-26-20(14-24)8-11-34(26)27-15-21(7-9-32-27)29(37)33-10-13-40-2/h5-9,11,14-18H,3-4,10,12-13,19H2,1-2H3,(H,33,37). The fraction of sp³-hybridized carbons (Fsp3) is 0.276. The van der Waals surface area contributed by atoms with Gasteiger partial charge in [0.25, 0.3) is 15.9 Å². The number of nitrogens with one attached hydrogen (secondary N) is 1. The van der Waals surface area contributed by atoms with E-state index in [2.05, 4.69) is 10.3 Å². The summed E-state index contributed by atoms with van der Waals surface area (Å²) in [6.07, 6.45) is 4.78. The molecule has 2 aromatic carbocycles. The molecule has 0 bridgehead atoms. The number of carbonyl (C=O) groups excluding carboxylic acids is 2. The molecule has 13 heteroatoms. The number of rotatable bonds is 13. The molecule has 0 aliphatic heterocycles. The SMILES string of the molecule is CCCCOC(=O)CN(c1ccc2c(ccn2-c2cc(C(=O)NCCOC)ccn2)c1)S(=O)(=O)c1cc(Cl)cc(Cl)c1. The highest BCUT2D eigenvalue weighted by atomic mass is 35.5. The van der Waals surface area contributed by atoms with E-state index >= 15 is 0 Å². The number of halogens is 2. The quantitative estimate of drug-likeness (QED) is 0.158. The Morgan fingerprint density at radius 1 is 1.02 bits per heavy atom. The van der Waals surface area contributed by atoms with Gasteiger partial charge in [-0.3, -0.25) is 13.9 Å². The van der Waals surface area contributed by atoms with Gasteiger partial charge < -0.3 is 19.4 Å². The van der Waals surface area contributed by atoms with Crippen LogP contribution in [0, 0.1) is 0 Å². The minimum absolute atomic E-state index is 0.140. The second-order valence-electron chi connectivity index (χ2n) is 9.27. The largest absolute Gasteiger partial charge is 0.464 e. The molecule has 1 N–H and O–H groups in total. The Hall–Kier alpha value is -3.64. The van der Waals surface area contributed by atoms with Crippen molar-refractivity contribution in [1.29, 1.82) is 0 Å². The molecule has 2 aromatic heterocycles. The number of esters is 1. The molecule has 0 saturated heterocycles. The first kappa shape index (κ1) is 31.3. The van der Waals surface area contributed by atoms with Gasteiger partial charge in [-0.15, -0.1) is 0 Å². The van der Waals surface area contributed by atoms with E-state index in [-0.39, 0.29) is 33.1 Å². The molecule has 10 nitrogen and oxygen atoms in total. The zero-order valence-electron chi connectivity index (χ0n) is 23.0. The second kappa shape index (κ2) is 14.0. The minimum Gasteiger partial charge on any atom is -0.464 e. The Morgan fingerprint density at radius 3 is 2.50 bits per heavy atom. The number of pyridine rings is 1. The molecule has 0 atom stereocenters. The van der Waals surface area contributed by atoms with Crippen molar-refractivity contribution in [1.82, 2.24) is 14.9 Å². The molecule has 222 valence electrons. The second-order valence-corrected chi connectivity index (χ2v) is 12.0. The van der Waals surface area contributed by atoms with Gasteiger partial charge >= 0.3 is 5.97 Å². The Morgan fingerprint density at radius 2 is 1.79 bits per heavy atom. The number of sulfonamides is 1. The van der Waals surface area contributed by atoms with E-state index in [4.69, 9.17) is 32.7 Å². The predicted octanol–water partition coefficient (Wildman–Crippen LogP) is 5.25. The molecule has 4 rings (SSSR count). The zero-order chi connectivity index (χ0) is 30.3. The van der Waals surface area contributed by atoms with Crippen molar-refractivity contribution in [3.05, 3.63) is 82.6 Å². The fourth-order valence-electron chi connectivity index (χ4n) is 4.16. The molecule has 0 radical (unpaired) electrons. The summed E-state index contributed by atoms with van der Waals surface area (Å²) < 4.78 is 40.6. The number of nitrogens with zero attached hydrogens (tertiary/aromatic N) is 3. The summed E-state index contributed by atoms with van der Waals surface area (Å²) in [5, 5.41) is 3.73. The van der Waals surface area contributed by atoms with Crippen molar-refractivity contribution >= 4 is 61.7 Å². The summed E-state index contributed by atoms with van der Waals surface area (Å²) in [7, 11) is -2.72. The third-order valence-corrected chi connectivity index (χ3v) is 8.45. The number of aromatic nitrogens is 2. The highest BCUT2D eigenvalue weighted by molar-refractivity contribution is 7.92. The van der Waals surface area contributed by atoms with Crippen molar-refractivity contribution in [3.63, 3.8) is 0 Å². The summed E-state index contributed by atoms with van der Waals surface area (Å²) in [4.78, 5) is 29.5. The molecule has 0 fully saturated rings. The number of carbonyl (C=O) groups is 2. The topological polar surface area (TPSA) is 120 Å². The van der Waals surface area contributed by atoms with E-state index in [9.17, 15) is 18.0 Å². The van der Waals surface area contributed by atoms with Gasteiger partial charge in [-0.05, 0) is 61.0 Å². The first-order valence-corrected chi connectivity index (χ1v) is 15.3. The summed E-state index contributed by atoms with van der Waals surface area (Å²) >= 11 is 12.2. The van der Waals surface area contributed by atoms with E-state index in [1.807, 2.05) is 6.92 Å². The first-order chi connectivity index (χ1) is 20.1. The normalized spacial score (nSPS) is 11.4. The van der Waals surface area contributed by atoms with E-state index in [0.717, 1.165) is 10.7 Å². The smallest absolute Gasteiger partial charge is 0.326 e. The molecule has 1 amide bonds. The number of benzene rings is 2. The Balaban J connectivity index is 1.70. The van der Waals surface area contributed by atoms with Gasteiger partial charge in [0.15, 0.2) is 0 Å². The Labute approximate surface area is 254 Å². The Bertz CT molecular complexity index is 1670. The van der Waals surface area contributed by atoms with E-state index in [1.54, 1.807) is 54.3 Å². The van der Waals surface area contributed by atoms with Crippen molar-refractivity contribution in [2.75, 3.05) is 37.7 Å². The van der Waals surface area contributed by atoms with Crippen LogP contribution in [-0.2, 0) is 24.3 Å². The molecule has 0 aliphatic carbocycles. The highest BCUT2D eigenvalue weighted by Gasteiger charge is 2.29. The molecule has 4 aromatic rings. The maximum absolute atomic E-state index is 13.8. The van der Waals surface area contributed by atoms with Gasteiger partial charge in [-0.2, -0.15) is 0 Å². The van der Waals surface area contributed by atoms with Crippen LogP contribution in [0.1, 0.15) is 30.1 Å². The number of hydrogen-bond donors (Lipinski definition) is 1. The summed E-state index contributed by atoms with van der Waals surface area (Å²) in [5.41, 5.74) is 1.37. The van der Waals surface area contributed by atoms with Gasteiger partial charge in [0.05, 0.1) is 29.3 Å². The van der Waals surface area contributed by atoms with Gasteiger partial charge in [-0.25, -0.2) is 13.4 Å². The number of fused-ring (bicyclic) bond motifs is 1.